The summed E-state index contributed by atoms with van der Waals surface area (Å²) in [5.74, 6) is 0.672. The maximum Gasteiger partial charge on any atom is 0.0621 e. The maximum absolute atomic E-state index is 8.82. The molecule has 2 nitrogen and oxygen atoms in total. The zero-order valence-electron chi connectivity index (χ0n) is 7.85. The zero-order chi connectivity index (χ0) is 10.4. The number of hydrogen-bond donors (Lipinski definition) is 3. The molecule has 3 heteroatoms. The van der Waals surface area contributed by atoms with Gasteiger partial charge in [0.05, 0.1) is 13.2 Å². The fourth-order valence-electron chi connectivity index (χ4n) is 1.28. The van der Waals surface area contributed by atoms with Crippen molar-refractivity contribution in [1.29, 1.82) is 0 Å². The van der Waals surface area contributed by atoms with Crippen LogP contribution >= 0.6 is 12.6 Å². The first kappa shape index (κ1) is 11.3. The summed E-state index contributed by atoms with van der Waals surface area (Å²) in [7, 11) is 0. The summed E-state index contributed by atoms with van der Waals surface area (Å²) in [6, 6.07) is 5.84. The first-order valence-electron chi connectivity index (χ1n) is 4.43. The van der Waals surface area contributed by atoms with E-state index in [-0.39, 0.29) is 13.2 Å². The molecule has 0 aliphatic rings. The maximum atomic E-state index is 8.82. The van der Waals surface area contributed by atoms with Gasteiger partial charge in [-0.2, -0.15) is 12.6 Å². The van der Waals surface area contributed by atoms with Gasteiger partial charge in [-0.15, -0.1) is 0 Å². The van der Waals surface area contributed by atoms with Gasteiger partial charge < -0.3 is 10.2 Å². The van der Waals surface area contributed by atoms with Gasteiger partial charge in [0.2, 0.25) is 0 Å². The molecule has 0 bridgehead atoms. The minimum absolute atomic E-state index is 0.00228. The first-order chi connectivity index (χ1) is 6.81. The van der Waals surface area contributed by atoms with Gasteiger partial charge in [0.25, 0.3) is 0 Å². The second kappa shape index (κ2) is 5.86. The van der Waals surface area contributed by atoms with Crippen LogP contribution in [0.25, 0.3) is 12.2 Å². The van der Waals surface area contributed by atoms with E-state index in [0.717, 1.165) is 16.0 Å². The number of rotatable bonds is 3. The highest BCUT2D eigenvalue weighted by Crippen LogP contribution is 1.96. The average Bonchev–Trinajstić information content (AvgIpc) is 2.21. The van der Waals surface area contributed by atoms with E-state index in [2.05, 4.69) is 12.6 Å². The summed E-state index contributed by atoms with van der Waals surface area (Å²) < 4.78 is 0. The van der Waals surface area contributed by atoms with Crippen molar-refractivity contribution in [1.82, 2.24) is 0 Å². The van der Waals surface area contributed by atoms with Crippen LogP contribution in [0.3, 0.4) is 0 Å². The Bertz CT molecular complexity index is 398. The Morgan fingerprint density at radius 1 is 1.07 bits per heavy atom. The fourth-order valence-corrected chi connectivity index (χ4v) is 1.48. The van der Waals surface area contributed by atoms with Crippen LogP contribution in [0.5, 0.6) is 0 Å². The van der Waals surface area contributed by atoms with E-state index in [4.69, 9.17) is 10.2 Å². The molecule has 0 fully saturated rings. The third-order valence-corrected chi connectivity index (χ3v) is 2.32. The van der Waals surface area contributed by atoms with Gasteiger partial charge in [-0.05, 0) is 16.0 Å². The Labute approximate surface area is 88.6 Å². The molecule has 14 heavy (non-hydrogen) atoms. The van der Waals surface area contributed by atoms with Gasteiger partial charge in [-0.3, -0.25) is 0 Å². The van der Waals surface area contributed by atoms with Gasteiger partial charge in [0.15, 0.2) is 0 Å². The van der Waals surface area contributed by atoms with Crippen LogP contribution in [0.15, 0.2) is 18.2 Å². The standard InChI is InChI=1S/C11H14O2S/c12-5-3-10-2-1-9(8-14)7-11(10)4-6-13/h1-4,7,12-14H,5-6,8H2. The quantitative estimate of drug-likeness (QED) is 0.598. The molecule has 0 radical (unpaired) electrons. The van der Waals surface area contributed by atoms with Crippen molar-refractivity contribution in [3.05, 3.63) is 34.2 Å². The SMILES string of the molecule is OCC=c1ccc(CS)cc1=CCO. The van der Waals surface area contributed by atoms with Gasteiger partial charge in [0.1, 0.15) is 0 Å². The summed E-state index contributed by atoms with van der Waals surface area (Å²) in [6.07, 6.45) is 3.43. The van der Waals surface area contributed by atoms with E-state index in [1.54, 1.807) is 12.2 Å². The number of hydrogen-bond acceptors (Lipinski definition) is 3. The first-order valence-corrected chi connectivity index (χ1v) is 5.07. The normalized spacial score (nSPS) is 13.6. The molecule has 76 valence electrons. The molecule has 0 aliphatic carbocycles. The number of aliphatic hydroxyl groups excluding tert-OH is 2. The minimum atomic E-state index is 0.00228. The number of aliphatic hydroxyl groups is 2. The minimum Gasteiger partial charge on any atom is -0.392 e. The molecule has 0 atom stereocenters. The molecular weight excluding hydrogens is 196 g/mol. The van der Waals surface area contributed by atoms with E-state index in [1.165, 1.54) is 0 Å². The Morgan fingerprint density at radius 2 is 1.71 bits per heavy atom. The van der Waals surface area contributed by atoms with Gasteiger partial charge in [-0.1, -0.05) is 30.4 Å². The third kappa shape index (κ3) is 2.87. The molecule has 0 spiro atoms. The zero-order valence-corrected chi connectivity index (χ0v) is 8.74. The summed E-state index contributed by atoms with van der Waals surface area (Å²) in [5, 5.41) is 19.5. The Morgan fingerprint density at radius 3 is 2.29 bits per heavy atom. The second-order valence-corrected chi connectivity index (χ2v) is 3.21. The molecule has 0 saturated carbocycles. The molecule has 1 aromatic rings. The predicted octanol–water partition coefficient (Wildman–Crippen LogP) is -0.338. The van der Waals surface area contributed by atoms with Crippen LogP contribution < -0.4 is 10.4 Å². The van der Waals surface area contributed by atoms with Crippen molar-refractivity contribution in [2.45, 2.75) is 5.75 Å². The van der Waals surface area contributed by atoms with Crippen molar-refractivity contribution in [3.63, 3.8) is 0 Å². The summed E-state index contributed by atoms with van der Waals surface area (Å²) in [4.78, 5) is 0. The van der Waals surface area contributed by atoms with Gasteiger partial charge in [0, 0.05) is 5.75 Å². The highest BCUT2D eigenvalue weighted by atomic mass is 32.1. The fraction of sp³-hybridized carbons (Fsp3) is 0.273. The largest absolute Gasteiger partial charge is 0.392 e. The lowest BCUT2D eigenvalue weighted by Crippen LogP contribution is -2.25. The van der Waals surface area contributed by atoms with Crippen LogP contribution in [0.1, 0.15) is 5.56 Å². The molecule has 0 aliphatic heterocycles. The van der Waals surface area contributed by atoms with E-state index >= 15 is 0 Å². The predicted molar refractivity (Wildman–Crippen MR) is 61.5 cm³/mol. The van der Waals surface area contributed by atoms with Crippen LogP contribution in [-0.4, -0.2) is 23.4 Å². The summed E-state index contributed by atoms with van der Waals surface area (Å²) in [6.45, 7) is 0.00871. The van der Waals surface area contributed by atoms with Crippen molar-refractivity contribution in [2.24, 2.45) is 0 Å². The second-order valence-electron chi connectivity index (χ2n) is 2.89. The number of benzene rings is 1. The van der Waals surface area contributed by atoms with Crippen LogP contribution in [0, 0.1) is 0 Å². The Kier molecular flexibility index (Phi) is 4.73. The average molecular weight is 210 g/mol. The molecule has 1 aromatic carbocycles. The van der Waals surface area contributed by atoms with E-state index in [9.17, 15) is 0 Å². The van der Waals surface area contributed by atoms with E-state index in [0.29, 0.717) is 5.75 Å². The van der Waals surface area contributed by atoms with Gasteiger partial charge >= 0.3 is 0 Å². The van der Waals surface area contributed by atoms with Gasteiger partial charge in [-0.25, -0.2) is 0 Å². The summed E-state index contributed by atoms with van der Waals surface area (Å²) >= 11 is 4.18. The highest BCUT2D eigenvalue weighted by molar-refractivity contribution is 7.79. The lowest BCUT2D eigenvalue weighted by molar-refractivity contribution is 0.353. The van der Waals surface area contributed by atoms with Crippen molar-refractivity contribution >= 4 is 24.8 Å². The molecule has 0 saturated heterocycles. The van der Waals surface area contributed by atoms with Crippen molar-refractivity contribution in [3.8, 4) is 0 Å². The Hall–Kier alpha value is -0.770. The highest BCUT2D eigenvalue weighted by Gasteiger charge is 1.90. The molecule has 1 rings (SSSR count). The lowest BCUT2D eigenvalue weighted by Gasteiger charge is -1.96. The van der Waals surface area contributed by atoms with Crippen LogP contribution in [0.2, 0.25) is 0 Å². The molecule has 0 unspecified atom stereocenters. The number of thiol groups is 1. The van der Waals surface area contributed by atoms with Crippen LogP contribution in [-0.2, 0) is 5.75 Å². The topological polar surface area (TPSA) is 40.5 Å². The monoisotopic (exact) mass is 210 g/mol. The smallest absolute Gasteiger partial charge is 0.0621 e. The Balaban J connectivity index is 3.32. The third-order valence-electron chi connectivity index (χ3n) is 1.96. The molecule has 0 heterocycles. The van der Waals surface area contributed by atoms with E-state index in [1.807, 2.05) is 18.2 Å². The molecule has 0 amide bonds. The molecule has 2 N–H and O–H groups in total. The van der Waals surface area contributed by atoms with E-state index < -0.39 is 0 Å². The molecular formula is C11H14O2S. The van der Waals surface area contributed by atoms with Crippen molar-refractivity contribution < 1.29 is 10.2 Å². The summed E-state index contributed by atoms with van der Waals surface area (Å²) in [5.41, 5.74) is 1.10. The van der Waals surface area contributed by atoms with Crippen LogP contribution in [0.4, 0.5) is 0 Å². The van der Waals surface area contributed by atoms with Crippen molar-refractivity contribution in [2.75, 3.05) is 13.2 Å². The molecule has 0 aromatic heterocycles. The lowest BCUT2D eigenvalue weighted by atomic mass is 10.1.